The first kappa shape index (κ1) is 14.0. The first-order valence-electron chi connectivity index (χ1n) is 6.24. The lowest BCUT2D eigenvalue weighted by Gasteiger charge is -2.19. The van der Waals surface area contributed by atoms with Crippen LogP contribution in [0.25, 0.3) is 0 Å². The Kier molecular flexibility index (Phi) is 5.42. The Morgan fingerprint density at radius 2 is 2.00 bits per heavy atom. The summed E-state index contributed by atoms with van der Waals surface area (Å²) < 4.78 is 19.0. The molecule has 0 saturated carbocycles. The summed E-state index contributed by atoms with van der Waals surface area (Å²) in [4.78, 5) is 0. The van der Waals surface area contributed by atoms with Gasteiger partial charge in [-0.2, -0.15) is 0 Å². The van der Waals surface area contributed by atoms with Crippen molar-refractivity contribution in [3.05, 3.63) is 29.6 Å². The van der Waals surface area contributed by atoms with E-state index in [0.29, 0.717) is 0 Å². The van der Waals surface area contributed by atoms with Gasteiger partial charge in [-0.25, -0.2) is 4.39 Å². The van der Waals surface area contributed by atoms with Crippen LogP contribution in [-0.4, -0.2) is 12.6 Å². The third kappa shape index (κ3) is 4.35. The Labute approximate surface area is 103 Å². The molecule has 1 rings (SSSR count). The fourth-order valence-electron chi connectivity index (χ4n) is 1.69. The van der Waals surface area contributed by atoms with Gasteiger partial charge >= 0.3 is 0 Å². The SMILES string of the molecule is CCCNC(C)c1cc(F)ccc1OC(C)C. The van der Waals surface area contributed by atoms with E-state index in [1.807, 2.05) is 20.8 Å². The zero-order valence-corrected chi connectivity index (χ0v) is 11.1. The lowest BCUT2D eigenvalue weighted by Crippen LogP contribution is -2.21. The zero-order chi connectivity index (χ0) is 12.8. The molecule has 0 fully saturated rings. The Bertz CT molecular complexity index is 352. The van der Waals surface area contributed by atoms with E-state index in [9.17, 15) is 4.39 Å². The maximum atomic E-state index is 13.3. The molecule has 0 heterocycles. The van der Waals surface area contributed by atoms with Crippen molar-refractivity contribution in [2.24, 2.45) is 0 Å². The Morgan fingerprint density at radius 1 is 1.29 bits per heavy atom. The first-order valence-corrected chi connectivity index (χ1v) is 6.24. The highest BCUT2D eigenvalue weighted by Gasteiger charge is 2.13. The predicted octanol–water partition coefficient (Wildman–Crippen LogP) is 3.67. The number of rotatable bonds is 6. The van der Waals surface area contributed by atoms with Gasteiger partial charge in [0.05, 0.1) is 6.10 Å². The molecule has 17 heavy (non-hydrogen) atoms. The van der Waals surface area contributed by atoms with Crippen LogP contribution >= 0.6 is 0 Å². The van der Waals surface area contributed by atoms with Crippen molar-refractivity contribution in [3.8, 4) is 5.75 Å². The van der Waals surface area contributed by atoms with E-state index in [1.165, 1.54) is 6.07 Å². The van der Waals surface area contributed by atoms with Crippen molar-refractivity contribution < 1.29 is 9.13 Å². The number of halogens is 1. The maximum Gasteiger partial charge on any atom is 0.124 e. The molecule has 1 unspecified atom stereocenters. The highest BCUT2D eigenvalue weighted by Crippen LogP contribution is 2.26. The molecule has 0 amide bonds. The van der Waals surface area contributed by atoms with Gasteiger partial charge in [0.25, 0.3) is 0 Å². The molecule has 3 heteroatoms. The molecule has 1 N–H and O–H groups in total. The van der Waals surface area contributed by atoms with Crippen LogP contribution in [0.2, 0.25) is 0 Å². The Hall–Kier alpha value is -1.09. The average molecular weight is 239 g/mol. The van der Waals surface area contributed by atoms with Gasteiger partial charge < -0.3 is 10.1 Å². The van der Waals surface area contributed by atoms with Crippen LogP contribution in [0.5, 0.6) is 5.75 Å². The van der Waals surface area contributed by atoms with E-state index in [2.05, 4.69) is 12.2 Å². The highest BCUT2D eigenvalue weighted by atomic mass is 19.1. The number of hydrogen-bond acceptors (Lipinski definition) is 2. The van der Waals surface area contributed by atoms with Crippen molar-refractivity contribution in [2.45, 2.75) is 46.3 Å². The molecule has 0 aromatic heterocycles. The minimum Gasteiger partial charge on any atom is -0.491 e. The molecule has 1 aromatic carbocycles. The van der Waals surface area contributed by atoms with Gasteiger partial charge in [-0.1, -0.05) is 6.92 Å². The lowest BCUT2D eigenvalue weighted by molar-refractivity contribution is 0.237. The number of nitrogens with one attached hydrogen (secondary N) is 1. The van der Waals surface area contributed by atoms with Gasteiger partial charge in [-0.3, -0.25) is 0 Å². The molecule has 96 valence electrons. The van der Waals surface area contributed by atoms with Gasteiger partial charge in [-0.05, 0) is 51.9 Å². The fraction of sp³-hybridized carbons (Fsp3) is 0.571. The minimum atomic E-state index is -0.221. The van der Waals surface area contributed by atoms with Crippen molar-refractivity contribution in [1.29, 1.82) is 0 Å². The largest absolute Gasteiger partial charge is 0.491 e. The summed E-state index contributed by atoms with van der Waals surface area (Å²) in [6, 6.07) is 4.78. The maximum absolute atomic E-state index is 13.3. The lowest BCUT2D eigenvalue weighted by atomic mass is 10.1. The van der Waals surface area contributed by atoms with Crippen LogP contribution in [0.15, 0.2) is 18.2 Å². The van der Waals surface area contributed by atoms with Crippen molar-refractivity contribution in [1.82, 2.24) is 5.32 Å². The van der Waals surface area contributed by atoms with E-state index in [0.717, 1.165) is 24.3 Å². The van der Waals surface area contributed by atoms with Crippen LogP contribution in [-0.2, 0) is 0 Å². The second-order valence-electron chi connectivity index (χ2n) is 4.52. The quantitative estimate of drug-likeness (QED) is 0.817. The van der Waals surface area contributed by atoms with Gasteiger partial charge in [0.1, 0.15) is 11.6 Å². The van der Waals surface area contributed by atoms with Crippen LogP contribution < -0.4 is 10.1 Å². The van der Waals surface area contributed by atoms with Crippen LogP contribution in [0, 0.1) is 5.82 Å². The smallest absolute Gasteiger partial charge is 0.124 e. The average Bonchev–Trinajstić information content (AvgIpc) is 2.27. The van der Waals surface area contributed by atoms with E-state index >= 15 is 0 Å². The molecule has 0 spiro atoms. The summed E-state index contributed by atoms with van der Waals surface area (Å²) in [5.74, 6) is 0.541. The summed E-state index contributed by atoms with van der Waals surface area (Å²) >= 11 is 0. The number of ether oxygens (including phenoxy) is 1. The van der Waals surface area contributed by atoms with E-state index in [4.69, 9.17) is 4.74 Å². The van der Waals surface area contributed by atoms with E-state index < -0.39 is 0 Å². The second-order valence-corrected chi connectivity index (χ2v) is 4.52. The first-order chi connectivity index (χ1) is 8.04. The third-order valence-electron chi connectivity index (χ3n) is 2.50. The summed E-state index contributed by atoms with van der Waals surface area (Å²) in [6.45, 7) is 8.99. The fourth-order valence-corrected chi connectivity index (χ4v) is 1.69. The minimum absolute atomic E-state index is 0.0950. The van der Waals surface area contributed by atoms with Gasteiger partial charge in [0, 0.05) is 11.6 Å². The monoisotopic (exact) mass is 239 g/mol. The summed E-state index contributed by atoms with van der Waals surface area (Å²) in [5.41, 5.74) is 0.882. The zero-order valence-electron chi connectivity index (χ0n) is 11.1. The van der Waals surface area contributed by atoms with Crippen molar-refractivity contribution in [2.75, 3.05) is 6.54 Å². The predicted molar refractivity (Wildman–Crippen MR) is 68.9 cm³/mol. The molecule has 2 nitrogen and oxygen atoms in total. The van der Waals surface area contributed by atoms with Crippen molar-refractivity contribution in [3.63, 3.8) is 0 Å². The van der Waals surface area contributed by atoms with Crippen LogP contribution in [0.4, 0.5) is 4.39 Å². The summed E-state index contributed by atoms with van der Waals surface area (Å²) in [6.07, 6.45) is 1.15. The molecule has 0 aliphatic carbocycles. The van der Waals surface area contributed by atoms with Crippen LogP contribution in [0.1, 0.15) is 45.7 Å². The van der Waals surface area contributed by atoms with Crippen LogP contribution in [0.3, 0.4) is 0 Å². The molecule has 0 aliphatic rings. The molecular formula is C14H22FNO. The molecule has 1 atom stereocenters. The topological polar surface area (TPSA) is 21.3 Å². The van der Waals surface area contributed by atoms with Gasteiger partial charge in [0.2, 0.25) is 0 Å². The number of hydrogen-bond donors (Lipinski definition) is 1. The van der Waals surface area contributed by atoms with E-state index in [-0.39, 0.29) is 18.0 Å². The number of benzene rings is 1. The standard InChI is InChI=1S/C14H22FNO/c1-5-8-16-11(4)13-9-12(15)6-7-14(13)17-10(2)3/h6-7,9-11,16H,5,8H2,1-4H3. The van der Waals surface area contributed by atoms with Crippen molar-refractivity contribution >= 4 is 0 Å². The molecule has 0 aliphatic heterocycles. The normalized spacial score (nSPS) is 12.8. The van der Waals surface area contributed by atoms with Gasteiger partial charge in [-0.15, -0.1) is 0 Å². The van der Waals surface area contributed by atoms with Gasteiger partial charge in [0.15, 0.2) is 0 Å². The molecule has 1 aromatic rings. The highest BCUT2D eigenvalue weighted by molar-refractivity contribution is 5.36. The molecule has 0 radical (unpaired) electrons. The second kappa shape index (κ2) is 6.60. The Morgan fingerprint density at radius 3 is 2.59 bits per heavy atom. The molecule has 0 saturated heterocycles. The Balaban J connectivity index is 2.89. The van der Waals surface area contributed by atoms with E-state index in [1.54, 1.807) is 12.1 Å². The molecular weight excluding hydrogens is 217 g/mol. The summed E-state index contributed by atoms with van der Waals surface area (Å²) in [5, 5.41) is 3.34. The summed E-state index contributed by atoms with van der Waals surface area (Å²) in [7, 11) is 0. The molecule has 0 bridgehead atoms. The third-order valence-corrected chi connectivity index (χ3v) is 2.50.